The number of ether oxygens (including phenoxy) is 1. The van der Waals surface area contributed by atoms with Crippen LogP contribution in [0.25, 0.3) is 11.0 Å². The van der Waals surface area contributed by atoms with E-state index in [4.69, 9.17) is 4.74 Å². The third-order valence-corrected chi connectivity index (χ3v) is 3.98. The van der Waals surface area contributed by atoms with Crippen LogP contribution in [0.2, 0.25) is 0 Å². The molecule has 3 N–H and O–H groups in total. The van der Waals surface area contributed by atoms with Crippen molar-refractivity contribution in [2.45, 2.75) is 6.54 Å². The number of nitro groups is 1. The molecule has 0 spiro atoms. The molecule has 0 saturated carbocycles. The topological polar surface area (TPSA) is 152 Å². The zero-order valence-corrected chi connectivity index (χ0v) is 13.7. The first-order valence-corrected chi connectivity index (χ1v) is 7.83. The molecule has 11 nitrogen and oxygen atoms in total. The second-order valence-corrected chi connectivity index (χ2v) is 5.73. The molecule has 0 aliphatic carbocycles. The van der Waals surface area contributed by atoms with Gasteiger partial charge < -0.3 is 20.4 Å². The highest BCUT2D eigenvalue weighted by atomic mass is 16.6. The summed E-state index contributed by atoms with van der Waals surface area (Å²) in [4.78, 5) is 44.7. The van der Waals surface area contributed by atoms with E-state index in [2.05, 4.69) is 25.6 Å². The van der Waals surface area contributed by atoms with Crippen molar-refractivity contribution in [3.63, 3.8) is 0 Å². The Bertz CT molecular complexity index is 1090. The fraction of sp³-hybridized carbons (Fsp3) is 0.125. The van der Waals surface area contributed by atoms with Gasteiger partial charge in [-0.05, 0) is 17.7 Å². The Labute approximate surface area is 150 Å². The van der Waals surface area contributed by atoms with Gasteiger partial charge in [0.2, 0.25) is 0 Å². The summed E-state index contributed by atoms with van der Waals surface area (Å²) in [5.41, 5.74) is 1.29. The van der Waals surface area contributed by atoms with E-state index in [1.165, 1.54) is 6.20 Å². The number of fused-ring (bicyclic) bond motifs is 2. The largest absolute Gasteiger partial charge is 0.482 e. The van der Waals surface area contributed by atoms with E-state index in [1.54, 1.807) is 18.2 Å². The SMILES string of the molecule is O=C1COc2ccc(CNC(=O)c3ncnc4c([N+](=O)[O-])c[nH]c34)cc2N1. The van der Waals surface area contributed by atoms with Gasteiger partial charge in [-0.1, -0.05) is 6.07 Å². The van der Waals surface area contributed by atoms with Gasteiger partial charge in [-0.2, -0.15) is 0 Å². The fourth-order valence-electron chi connectivity index (χ4n) is 2.74. The number of benzene rings is 1. The van der Waals surface area contributed by atoms with Gasteiger partial charge in [0.1, 0.15) is 17.6 Å². The normalized spacial score (nSPS) is 12.8. The molecule has 27 heavy (non-hydrogen) atoms. The van der Waals surface area contributed by atoms with Crippen molar-refractivity contribution >= 4 is 34.2 Å². The first-order chi connectivity index (χ1) is 13.0. The first kappa shape index (κ1) is 16.4. The molecule has 136 valence electrons. The zero-order valence-electron chi connectivity index (χ0n) is 13.7. The van der Waals surface area contributed by atoms with Crippen molar-refractivity contribution in [3.8, 4) is 5.75 Å². The minimum atomic E-state index is -0.586. The molecule has 0 bridgehead atoms. The third-order valence-electron chi connectivity index (χ3n) is 3.98. The number of carbonyl (C=O) groups is 2. The van der Waals surface area contributed by atoms with Crippen molar-refractivity contribution in [2.24, 2.45) is 0 Å². The summed E-state index contributed by atoms with van der Waals surface area (Å²) in [6.45, 7) is 0.130. The molecule has 3 heterocycles. The number of rotatable bonds is 4. The quantitative estimate of drug-likeness (QED) is 0.461. The predicted octanol–water partition coefficient (Wildman–Crippen LogP) is 1.13. The molecular weight excluding hydrogens is 356 g/mol. The molecule has 0 atom stereocenters. The molecule has 0 unspecified atom stereocenters. The summed E-state index contributed by atoms with van der Waals surface area (Å²) in [7, 11) is 0. The number of aromatic amines is 1. The number of nitrogens with zero attached hydrogens (tertiary/aromatic N) is 3. The highest BCUT2D eigenvalue weighted by molar-refractivity contribution is 6.04. The van der Waals surface area contributed by atoms with Crippen LogP contribution in [0.5, 0.6) is 5.75 Å². The van der Waals surface area contributed by atoms with Crippen molar-refractivity contribution < 1.29 is 19.2 Å². The summed E-state index contributed by atoms with van der Waals surface area (Å²) >= 11 is 0. The van der Waals surface area contributed by atoms with Gasteiger partial charge in [-0.3, -0.25) is 19.7 Å². The standard InChI is InChI=1S/C16H12N6O5/c23-12-6-27-11-2-1-8(3-9(11)21-12)4-18-16(24)15-14-13(19-7-20-15)10(5-17-14)22(25)26/h1-3,5,7,17H,4,6H2,(H,18,24)(H,21,23). The van der Waals surface area contributed by atoms with E-state index >= 15 is 0 Å². The highest BCUT2D eigenvalue weighted by Gasteiger charge is 2.21. The second-order valence-electron chi connectivity index (χ2n) is 5.73. The van der Waals surface area contributed by atoms with Crippen LogP contribution < -0.4 is 15.4 Å². The van der Waals surface area contributed by atoms with Crippen LogP contribution in [0.1, 0.15) is 16.1 Å². The molecule has 2 aromatic heterocycles. The van der Waals surface area contributed by atoms with Crippen LogP contribution in [0.3, 0.4) is 0 Å². The number of carbonyl (C=O) groups excluding carboxylic acids is 2. The first-order valence-electron chi connectivity index (χ1n) is 7.83. The molecular formula is C16H12N6O5. The fourth-order valence-corrected chi connectivity index (χ4v) is 2.74. The number of amides is 2. The maximum absolute atomic E-state index is 12.5. The molecule has 0 fully saturated rings. The van der Waals surface area contributed by atoms with Crippen LogP contribution in [-0.4, -0.2) is 38.3 Å². The van der Waals surface area contributed by atoms with E-state index in [0.717, 1.165) is 11.9 Å². The molecule has 4 rings (SSSR count). The molecule has 1 aliphatic rings. The minimum absolute atomic E-state index is 0.00250. The third kappa shape index (κ3) is 3.01. The smallest absolute Gasteiger partial charge is 0.312 e. The average Bonchev–Trinajstić information content (AvgIpc) is 3.10. The van der Waals surface area contributed by atoms with E-state index in [-0.39, 0.29) is 41.5 Å². The lowest BCUT2D eigenvalue weighted by atomic mass is 10.1. The monoisotopic (exact) mass is 368 g/mol. The van der Waals surface area contributed by atoms with E-state index in [0.29, 0.717) is 11.4 Å². The Morgan fingerprint density at radius 3 is 3.04 bits per heavy atom. The number of anilines is 1. The molecule has 11 heteroatoms. The Hall–Kier alpha value is -4.02. The molecule has 1 aliphatic heterocycles. The lowest BCUT2D eigenvalue weighted by molar-refractivity contribution is -0.383. The van der Waals surface area contributed by atoms with Crippen molar-refractivity contribution in [3.05, 3.63) is 52.1 Å². The van der Waals surface area contributed by atoms with Gasteiger partial charge in [0.05, 0.1) is 16.8 Å². The highest BCUT2D eigenvalue weighted by Crippen LogP contribution is 2.28. The maximum atomic E-state index is 12.5. The Balaban J connectivity index is 1.54. The minimum Gasteiger partial charge on any atom is -0.482 e. The summed E-state index contributed by atoms with van der Waals surface area (Å²) in [5.74, 6) is -0.210. The van der Waals surface area contributed by atoms with E-state index < -0.39 is 10.8 Å². The Morgan fingerprint density at radius 2 is 2.22 bits per heavy atom. The van der Waals surface area contributed by atoms with E-state index in [1.807, 2.05) is 0 Å². The summed E-state index contributed by atoms with van der Waals surface area (Å²) in [6.07, 6.45) is 2.27. The Morgan fingerprint density at radius 1 is 1.37 bits per heavy atom. The molecule has 1 aromatic carbocycles. The van der Waals surface area contributed by atoms with Crippen LogP contribution >= 0.6 is 0 Å². The predicted molar refractivity (Wildman–Crippen MR) is 92.3 cm³/mol. The number of hydrogen-bond donors (Lipinski definition) is 3. The van der Waals surface area contributed by atoms with Crippen LogP contribution in [0.15, 0.2) is 30.7 Å². The summed E-state index contributed by atoms with van der Waals surface area (Å²) < 4.78 is 5.28. The lowest BCUT2D eigenvalue weighted by Gasteiger charge is -2.18. The zero-order chi connectivity index (χ0) is 19.0. The maximum Gasteiger partial charge on any atom is 0.312 e. The number of aromatic nitrogens is 3. The Kier molecular flexibility index (Phi) is 3.88. The molecule has 0 radical (unpaired) electrons. The summed E-state index contributed by atoms with van der Waals surface area (Å²) in [5, 5.41) is 16.4. The lowest BCUT2D eigenvalue weighted by Crippen LogP contribution is -2.26. The summed E-state index contributed by atoms with van der Waals surface area (Å²) in [6, 6.07) is 5.15. The van der Waals surface area contributed by atoms with Gasteiger partial charge in [0.15, 0.2) is 17.8 Å². The number of nitrogens with one attached hydrogen (secondary N) is 3. The molecule has 0 saturated heterocycles. The molecule has 3 aromatic rings. The van der Waals surface area contributed by atoms with E-state index in [9.17, 15) is 19.7 Å². The van der Waals surface area contributed by atoms with Gasteiger partial charge in [-0.15, -0.1) is 0 Å². The van der Waals surface area contributed by atoms with Crippen molar-refractivity contribution in [1.29, 1.82) is 0 Å². The van der Waals surface area contributed by atoms with Gasteiger partial charge >= 0.3 is 5.69 Å². The number of hydrogen-bond acceptors (Lipinski definition) is 7. The van der Waals surface area contributed by atoms with Crippen LogP contribution in [0, 0.1) is 10.1 Å². The average molecular weight is 368 g/mol. The van der Waals surface area contributed by atoms with Gasteiger partial charge in [-0.25, -0.2) is 9.97 Å². The second kappa shape index (κ2) is 6.37. The van der Waals surface area contributed by atoms with Gasteiger partial charge in [0, 0.05) is 6.54 Å². The molecule has 2 amide bonds. The van der Waals surface area contributed by atoms with Crippen molar-refractivity contribution in [1.82, 2.24) is 20.3 Å². The van der Waals surface area contributed by atoms with Crippen LogP contribution in [-0.2, 0) is 11.3 Å². The van der Waals surface area contributed by atoms with Gasteiger partial charge in [0.25, 0.3) is 11.8 Å². The number of H-pyrrole nitrogens is 1. The van der Waals surface area contributed by atoms with Crippen LogP contribution in [0.4, 0.5) is 11.4 Å². The van der Waals surface area contributed by atoms with Crippen molar-refractivity contribution in [2.75, 3.05) is 11.9 Å².